The number of terminal acetylenes is 1. The molecule has 0 aromatic carbocycles. The van der Waals surface area contributed by atoms with Crippen LogP contribution >= 0.6 is 0 Å². The van der Waals surface area contributed by atoms with Gasteiger partial charge >= 0.3 is 0 Å². The molecule has 0 aromatic heterocycles. The molecule has 0 unspecified atom stereocenters. The van der Waals surface area contributed by atoms with E-state index in [-0.39, 0.29) is 5.91 Å². The lowest BCUT2D eigenvalue weighted by atomic mass is 10.4. The zero-order valence-electron chi connectivity index (χ0n) is 8.47. The molecule has 1 amide bonds. The molecule has 0 aromatic rings. The quantitative estimate of drug-likeness (QED) is 0.478. The first-order valence-corrected chi connectivity index (χ1v) is 4.68. The van der Waals surface area contributed by atoms with Gasteiger partial charge in [0.2, 0.25) is 5.91 Å². The Kier molecular flexibility index (Phi) is 7.04. The third-order valence-electron chi connectivity index (χ3n) is 1.84. The van der Waals surface area contributed by atoms with Crippen LogP contribution in [0.3, 0.4) is 0 Å². The van der Waals surface area contributed by atoms with Gasteiger partial charge in [-0.2, -0.15) is 0 Å². The standard InChI is InChI=1S/C10H18N2O/c1-4-7-8-11-9-10(13)12(5-2)6-3/h1,11H,5-9H2,2-3H3. The molecular formula is C10H18N2O. The van der Waals surface area contributed by atoms with Gasteiger partial charge in [-0.15, -0.1) is 12.3 Å². The summed E-state index contributed by atoms with van der Waals surface area (Å²) in [6, 6.07) is 0. The number of rotatable bonds is 6. The van der Waals surface area contributed by atoms with Crippen molar-refractivity contribution in [1.29, 1.82) is 0 Å². The van der Waals surface area contributed by atoms with Crippen LogP contribution in [0.1, 0.15) is 20.3 Å². The Labute approximate surface area is 80.5 Å². The van der Waals surface area contributed by atoms with E-state index in [0.29, 0.717) is 19.5 Å². The molecule has 13 heavy (non-hydrogen) atoms. The Morgan fingerprint density at radius 3 is 2.54 bits per heavy atom. The zero-order valence-corrected chi connectivity index (χ0v) is 8.47. The van der Waals surface area contributed by atoms with Crippen molar-refractivity contribution in [2.24, 2.45) is 0 Å². The van der Waals surface area contributed by atoms with Gasteiger partial charge in [0.05, 0.1) is 6.54 Å². The Morgan fingerprint density at radius 2 is 2.08 bits per heavy atom. The van der Waals surface area contributed by atoms with E-state index in [2.05, 4.69) is 11.2 Å². The summed E-state index contributed by atoms with van der Waals surface area (Å²) in [6.07, 6.45) is 5.74. The summed E-state index contributed by atoms with van der Waals surface area (Å²) < 4.78 is 0. The number of hydrogen-bond donors (Lipinski definition) is 1. The van der Waals surface area contributed by atoms with E-state index in [9.17, 15) is 4.79 Å². The Bertz CT molecular complexity index is 180. The fourth-order valence-corrected chi connectivity index (χ4v) is 1.04. The van der Waals surface area contributed by atoms with Crippen LogP contribution in [-0.2, 0) is 4.79 Å². The minimum absolute atomic E-state index is 0.141. The summed E-state index contributed by atoms with van der Waals surface area (Å²) in [5.41, 5.74) is 0. The second-order valence-electron chi connectivity index (χ2n) is 2.70. The monoisotopic (exact) mass is 182 g/mol. The minimum Gasteiger partial charge on any atom is -0.342 e. The molecule has 0 fully saturated rings. The number of nitrogens with one attached hydrogen (secondary N) is 1. The van der Waals surface area contributed by atoms with Crippen molar-refractivity contribution < 1.29 is 4.79 Å². The lowest BCUT2D eigenvalue weighted by Gasteiger charge is -2.18. The Hall–Kier alpha value is -1.01. The molecule has 0 aliphatic rings. The van der Waals surface area contributed by atoms with Gasteiger partial charge in [0.1, 0.15) is 0 Å². The molecule has 0 radical (unpaired) electrons. The number of amides is 1. The van der Waals surface area contributed by atoms with Gasteiger partial charge in [-0.3, -0.25) is 4.79 Å². The first-order chi connectivity index (χ1) is 6.26. The van der Waals surface area contributed by atoms with E-state index < -0.39 is 0 Å². The van der Waals surface area contributed by atoms with Gasteiger partial charge in [-0.05, 0) is 13.8 Å². The van der Waals surface area contributed by atoms with E-state index in [0.717, 1.165) is 13.1 Å². The third kappa shape index (κ3) is 5.26. The first-order valence-electron chi connectivity index (χ1n) is 4.68. The van der Waals surface area contributed by atoms with Crippen molar-refractivity contribution in [3.05, 3.63) is 0 Å². The van der Waals surface area contributed by atoms with E-state index >= 15 is 0 Å². The molecule has 1 N–H and O–H groups in total. The molecule has 0 rings (SSSR count). The van der Waals surface area contributed by atoms with Crippen molar-refractivity contribution in [2.45, 2.75) is 20.3 Å². The van der Waals surface area contributed by atoms with E-state index in [1.807, 2.05) is 13.8 Å². The predicted molar refractivity (Wildman–Crippen MR) is 54.2 cm³/mol. The van der Waals surface area contributed by atoms with Crippen molar-refractivity contribution in [3.63, 3.8) is 0 Å². The van der Waals surface area contributed by atoms with E-state index in [4.69, 9.17) is 6.42 Å². The third-order valence-corrected chi connectivity index (χ3v) is 1.84. The molecule has 3 heteroatoms. The molecule has 0 aliphatic carbocycles. The molecule has 0 saturated heterocycles. The number of likely N-dealkylation sites (N-methyl/N-ethyl adjacent to an activating group) is 1. The number of nitrogens with zero attached hydrogens (tertiary/aromatic N) is 1. The second-order valence-corrected chi connectivity index (χ2v) is 2.70. The molecule has 0 aliphatic heterocycles. The summed E-state index contributed by atoms with van der Waals surface area (Å²) in [5.74, 6) is 2.65. The van der Waals surface area contributed by atoms with E-state index in [1.54, 1.807) is 4.90 Å². The average Bonchev–Trinajstić information content (AvgIpc) is 2.14. The summed E-state index contributed by atoms with van der Waals surface area (Å²) >= 11 is 0. The minimum atomic E-state index is 0.141. The molecule has 0 spiro atoms. The maximum Gasteiger partial charge on any atom is 0.236 e. The summed E-state index contributed by atoms with van der Waals surface area (Å²) in [6.45, 7) is 6.59. The number of carbonyl (C=O) groups excluding carboxylic acids is 1. The molecule has 74 valence electrons. The highest BCUT2D eigenvalue weighted by molar-refractivity contribution is 5.78. The Balaban J connectivity index is 3.55. The van der Waals surface area contributed by atoms with Crippen LogP contribution in [0.5, 0.6) is 0 Å². The lowest BCUT2D eigenvalue weighted by molar-refractivity contribution is -0.129. The lowest BCUT2D eigenvalue weighted by Crippen LogP contribution is -2.38. The maximum atomic E-state index is 11.4. The summed E-state index contributed by atoms with van der Waals surface area (Å²) in [4.78, 5) is 13.2. The predicted octanol–water partition coefficient (Wildman–Crippen LogP) is 0.468. The highest BCUT2D eigenvalue weighted by atomic mass is 16.2. The average molecular weight is 182 g/mol. The fourth-order valence-electron chi connectivity index (χ4n) is 1.04. The van der Waals surface area contributed by atoms with Gasteiger partial charge in [-0.25, -0.2) is 0 Å². The van der Waals surface area contributed by atoms with Crippen LogP contribution in [0.2, 0.25) is 0 Å². The van der Waals surface area contributed by atoms with Gasteiger partial charge in [0, 0.05) is 26.1 Å². The molecule has 0 atom stereocenters. The summed E-state index contributed by atoms with van der Waals surface area (Å²) in [7, 11) is 0. The van der Waals surface area contributed by atoms with Crippen LogP contribution in [0.25, 0.3) is 0 Å². The second kappa shape index (κ2) is 7.63. The molecule has 0 heterocycles. The highest BCUT2D eigenvalue weighted by Gasteiger charge is 2.07. The van der Waals surface area contributed by atoms with Gasteiger partial charge in [0.25, 0.3) is 0 Å². The van der Waals surface area contributed by atoms with Gasteiger partial charge in [-0.1, -0.05) is 0 Å². The van der Waals surface area contributed by atoms with Gasteiger partial charge < -0.3 is 10.2 Å². The number of carbonyl (C=O) groups is 1. The van der Waals surface area contributed by atoms with Crippen molar-refractivity contribution in [3.8, 4) is 12.3 Å². The summed E-state index contributed by atoms with van der Waals surface area (Å²) in [5, 5.41) is 3.00. The maximum absolute atomic E-state index is 11.4. The molecule has 3 nitrogen and oxygen atoms in total. The SMILES string of the molecule is C#CCCNCC(=O)N(CC)CC. The number of hydrogen-bond acceptors (Lipinski definition) is 2. The fraction of sp³-hybridized carbons (Fsp3) is 0.700. The van der Waals surface area contributed by atoms with Crippen molar-refractivity contribution in [2.75, 3.05) is 26.2 Å². The molecular weight excluding hydrogens is 164 g/mol. The Morgan fingerprint density at radius 1 is 1.46 bits per heavy atom. The molecule has 0 bridgehead atoms. The van der Waals surface area contributed by atoms with Crippen molar-refractivity contribution in [1.82, 2.24) is 10.2 Å². The molecule has 0 saturated carbocycles. The van der Waals surface area contributed by atoms with Crippen LogP contribution < -0.4 is 5.32 Å². The van der Waals surface area contributed by atoms with Crippen LogP contribution in [0, 0.1) is 12.3 Å². The van der Waals surface area contributed by atoms with E-state index in [1.165, 1.54) is 0 Å². The van der Waals surface area contributed by atoms with Crippen LogP contribution in [0.4, 0.5) is 0 Å². The normalized spacial score (nSPS) is 9.31. The highest BCUT2D eigenvalue weighted by Crippen LogP contribution is 1.87. The largest absolute Gasteiger partial charge is 0.342 e. The topological polar surface area (TPSA) is 32.3 Å². The van der Waals surface area contributed by atoms with Crippen molar-refractivity contribution >= 4 is 5.91 Å². The zero-order chi connectivity index (χ0) is 10.1. The van der Waals surface area contributed by atoms with Gasteiger partial charge in [0.15, 0.2) is 0 Å². The first kappa shape index (κ1) is 12.0. The van der Waals surface area contributed by atoms with Crippen LogP contribution in [0.15, 0.2) is 0 Å². The smallest absolute Gasteiger partial charge is 0.236 e. The van der Waals surface area contributed by atoms with Crippen LogP contribution in [-0.4, -0.2) is 37.0 Å².